The summed E-state index contributed by atoms with van der Waals surface area (Å²) in [5.41, 5.74) is 4.63. The van der Waals surface area contributed by atoms with Gasteiger partial charge in [-0.15, -0.1) is 0 Å². The van der Waals surface area contributed by atoms with Crippen molar-refractivity contribution in [3.8, 4) is 0 Å². The summed E-state index contributed by atoms with van der Waals surface area (Å²) in [5.74, 6) is 0.841. The quantitative estimate of drug-likeness (QED) is 0.656. The highest BCUT2D eigenvalue weighted by Gasteiger charge is 2.59. The lowest BCUT2D eigenvalue weighted by atomic mass is 9.71. The second-order valence-electron chi connectivity index (χ2n) is 9.76. The summed E-state index contributed by atoms with van der Waals surface area (Å²) >= 11 is 1.99. The van der Waals surface area contributed by atoms with Crippen molar-refractivity contribution in [1.82, 2.24) is 4.90 Å². The molecule has 0 aliphatic carbocycles. The molecular weight excluding hydrogens is 451 g/mol. The fraction of sp³-hybridized carbons (Fsp3) is 0.682. The summed E-state index contributed by atoms with van der Waals surface area (Å²) in [4.78, 5) is 18.8. The smallest absolute Gasteiger partial charge is 0.278 e. The molecule has 1 amide bonds. The maximum atomic E-state index is 14.5. The molecule has 3 heterocycles. The summed E-state index contributed by atoms with van der Waals surface area (Å²) < 4.78 is 38.5. The average molecular weight is 485 g/mol. The number of hydrogen-bond acceptors (Lipinski definition) is 7. The lowest BCUT2D eigenvalue weighted by molar-refractivity contribution is -0.133. The monoisotopic (exact) mass is 484 g/mol. The Morgan fingerprint density at radius 1 is 1.03 bits per heavy atom. The molecule has 3 fully saturated rings. The van der Waals surface area contributed by atoms with E-state index in [1.165, 1.54) is 10.6 Å². The van der Waals surface area contributed by atoms with Crippen LogP contribution in [0.1, 0.15) is 13.8 Å². The summed E-state index contributed by atoms with van der Waals surface area (Å²) in [6, 6.07) is 8.67. The highest BCUT2D eigenvalue weighted by molar-refractivity contribution is 7.99. The number of nitrogens with two attached hydrogens (primary N) is 1. The first kappa shape index (κ1) is 23.6. The number of carbonyl (C=O) groups is 1. The predicted molar refractivity (Wildman–Crippen MR) is 129 cm³/mol. The van der Waals surface area contributed by atoms with E-state index in [1.807, 2.05) is 11.8 Å². The van der Waals surface area contributed by atoms with Gasteiger partial charge >= 0.3 is 0 Å². The van der Waals surface area contributed by atoms with E-state index >= 15 is 0 Å². The molecule has 3 atom stereocenters. The van der Waals surface area contributed by atoms with Crippen LogP contribution in [0, 0.1) is 10.8 Å². The van der Waals surface area contributed by atoms with Gasteiger partial charge in [0.25, 0.3) is 11.4 Å². The van der Waals surface area contributed by atoms with E-state index in [0.29, 0.717) is 13.1 Å². The molecule has 10 heteroatoms. The Balaban J connectivity index is 1.44. The molecule has 7 nitrogen and oxygen atoms in total. The average Bonchev–Trinajstić information content (AvgIpc) is 3.17. The van der Waals surface area contributed by atoms with Gasteiger partial charge in [0.1, 0.15) is 0 Å². The van der Waals surface area contributed by atoms with E-state index in [2.05, 4.69) is 47.9 Å². The molecule has 3 saturated heterocycles. The number of alkyl halides is 1. The van der Waals surface area contributed by atoms with E-state index in [0.717, 1.165) is 43.4 Å². The predicted octanol–water partition coefficient (Wildman–Crippen LogP) is 1.58. The highest BCUT2D eigenvalue weighted by Crippen LogP contribution is 2.52. The molecule has 1 unspecified atom stereocenters. The fourth-order valence-corrected chi connectivity index (χ4v) is 7.15. The number of amides is 1. The van der Waals surface area contributed by atoms with Crippen LogP contribution < -0.4 is 15.5 Å². The first-order valence-electron chi connectivity index (χ1n) is 11.1. The van der Waals surface area contributed by atoms with Crippen LogP contribution in [0.2, 0.25) is 0 Å². The van der Waals surface area contributed by atoms with Crippen molar-refractivity contribution in [2.24, 2.45) is 16.6 Å². The van der Waals surface area contributed by atoms with E-state index in [1.54, 1.807) is 0 Å². The van der Waals surface area contributed by atoms with Crippen molar-refractivity contribution < 1.29 is 17.6 Å². The van der Waals surface area contributed by atoms with E-state index < -0.39 is 27.0 Å². The van der Waals surface area contributed by atoms with Crippen LogP contribution in [0.4, 0.5) is 15.8 Å². The number of carbonyl (C=O) groups excluding carboxylic acids is 1. The number of nitrogens with zero attached hydrogens (tertiary/aromatic N) is 3. The van der Waals surface area contributed by atoms with E-state index in [9.17, 15) is 17.6 Å². The number of hydrogen-bond donors (Lipinski definition) is 1. The SMILES string of the molecule is C[C@@]12CN(C(=O)C(F)S(=O)(=O)CCN)C[C@]1(C)CN(c1ccc(N3CCSCC3)cc1)C2. The molecule has 2 N–H and O–H groups in total. The van der Waals surface area contributed by atoms with Gasteiger partial charge in [0.2, 0.25) is 0 Å². The highest BCUT2D eigenvalue weighted by atomic mass is 32.2. The molecule has 0 saturated carbocycles. The number of benzene rings is 1. The van der Waals surface area contributed by atoms with Crippen LogP contribution in [-0.2, 0) is 14.6 Å². The van der Waals surface area contributed by atoms with Gasteiger partial charge in [-0.25, -0.2) is 12.8 Å². The Labute approximate surface area is 194 Å². The molecule has 3 aliphatic rings. The minimum Gasteiger partial charge on any atom is -0.370 e. The standard InChI is InChI=1S/C22H33FN4O3S2/c1-21-13-26(18-5-3-17(4-6-18)25-8-10-31-11-9-25)14-22(21,2)16-27(15-21)20(28)19(23)32(29,30)12-7-24/h3-6,19H,7-16,24H2,1-2H3/t19?,21-,22+. The van der Waals surface area contributed by atoms with Crippen LogP contribution in [0.15, 0.2) is 24.3 Å². The Bertz CT molecular complexity index is 934. The zero-order valence-corrected chi connectivity index (χ0v) is 20.4. The second-order valence-corrected chi connectivity index (χ2v) is 13.1. The molecular formula is C22H33FN4O3S2. The van der Waals surface area contributed by atoms with Crippen LogP contribution in [0.3, 0.4) is 0 Å². The molecule has 1 aromatic carbocycles. The Morgan fingerprint density at radius 2 is 1.53 bits per heavy atom. The molecule has 0 radical (unpaired) electrons. The zero-order valence-electron chi connectivity index (χ0n) is 18.8. The second kappa shape index (κ2) is 8.68. The number of fused-ring (bicyclic) bond motifs is 1. The number of rotatable bonds is 6. The Hall–Kier alpha value is -1.52. The largest absolute Gasteiger partial charge is 0.370 e. The Morgan fingerprint density at radius 3 is 2.03 bits per heavy atom. The number of thioether (sulfide) groups is 1. The topological polar surface area (TPSA) is 86.9 Å². The third-order valence-corrected chi connectivity index (χ3v) is 10.0. The third-order valence-electron chi connectivity index (χ3n) is 7.43. The minimum absolute atomic E-state index is 0.198. The summed E-state index contributed by atoms with van der Waals surface area (Å²) in [5, 5.41) is 0. The molecule has 0 spiro atoms. The van der Waals surface area contributed by atoms with Gasteiger partial charge in [-0.1, -0.05) is 13.8 Å². The van der Waals surface area contributed by atoms with Crippen molar-refractivity contribution in [1.29, 1.82) is 0 Å². The lowest BCUT2D eigenvalue weighted by Crippen LogP contribution is -2.43. The van der Waals surface area contributed by atoms with Crippen LogP contribution in [-0.4, -0.2) is 87.8 Å². The normalized spacial score (nSPS) is 29.3. The molecule has 178 valence electrons. The van der Waals surface area contributed by atoms with Crippen molar-refractivity contribution in [2.75, 3.05) is 72.9 Å². The maximum absolute atomic E-state index is 14.5. The van der Waals surface area contributed by atoms with Crippen LogP contribution in [0.5, 0.6) is 0 Å². The van der Waals surface area contributed by atoms with E-state index in [-0.39, 0.29) is 17.4 Å². The first-order valence-corrected chi connectivity index (χ1v) is 14.0. The maximum Gasteiger partial charge on any atom is 0.278 e. The van der Waals surface area contributed by atoms with Gasteiger partial charge < -0.3 is 20.4 Å². The number of anilines is 2. The van der Waals surface area contributed by atoms with Crippen LogP contribution >= 0.6 is 11.8 Å². The minimum atomic E-state index is -4.18. The molecule has 0 bridgehead atoms. The number of sulfone groups is 1. The Kier molecular flexibility index (Phi) is 6.41. The number of halogens is 1. The molecule has 3 aliphatic heterocycles. The third kappa shape index (κ3) is 4.21. The van der Waals surface area contributed by atoms with Crippen molar-refractivity contribution in [3.63, 3.8) is 0 Å². The van der Waals surface area contributed by atoms with Gasteiger partial charge in [-0.3, -0.25) is 4.79 Å². The summed E-state index contributed by atoms with van der Waals surface area (Å²) in [6.07, 6.45) is 0. The summed E-state index contributed by atoms with van der Waals surface area (Å²) in [7, 11) is -4.18. The molecule has 1 aromatic rings. The van der Waals surface area contributed by atoms with Gasteiger partial charge in [0.05, 0.1) is 5.75 Å². The molecule has 32 heavy (non-hydrogen) atoms. The van der Waals surface area contributed by atoms with Crippen LogP contribution in [0.25, 0.3) is 0 Å². The zero-order chi connectivity index (χ0) is 23.1. The van der Waals surface area contributed by atoms with Crippen molar-refractivity contribution >= 4 is 38.9 Å². The van der Waals surface area contributed by atoms with Crippen molar-refractivity contribution in [3.05, 3.63) is 24.3 Å². The lowest BCUT2D eigenvalue weighted by Gasteiger charge is -2.30. The van der Waals surface area contributed by atoms with Gasteiger partial charge in [-0.05, 0) is 24.3 Å². The van der Waals surface area contributed by atoms with Gasteiger partial charge in [-0.2, -0.15) is 11.8 Å². The van der Waals surface area contributed by atoms with E-state index in [4.69, 9.17) is 5.73 Å². The summed E-state index contributed by atoms with van der Waals surface area (Å²) in [6.45, 7) is 8.34. The molecule has 4 rings (SSSR count). The van der Waals surface area contributed by atoms with Gasteiger partial charge in [0.15, 0.2) is 9.84 Å². The van der Waals surface area contributed by atoms with Gasteiger partial charge in [0, 0.05) is 79.5 Å². The van der Waals surface area contributed by atoms with Crippen molar-refractivity contribution in [2.45, 2.75) is 19.4 Å². The first-order chi connectivity index (χ1) is 15.1. The number of likely N-dealkylation sites (tertiary alicyclic amines) is 1. The fourth-order valence-electron chi connectivity index (χ4n) is 5.26. The molecule has 0 aromatic heterocycles.